The van der Waals surface area contributed by atoms with Crippen LogP contribution in [0.15, 0.2) is 24.3 Å². The summed E-state index contributed by atoms with van der Waals surface area (Å²) < 4.78 is 29.5. The predicted molar refractivity (Wildman–Crippen MR) is 123 cm³/mol. The van der Waals surface area contributed by atoms with Gasteiger partial charge in [-0.3, -0.25) is 4.79 Å². The molecule has 2 unspecified atom stereocenters. The van der Waals surface area contributed by atoms with Crippen LogP contribution in [0.5, 0.6) is 0 Å². The Labute approximate surface area is 188 Å². The van der Waals surface area contributed by atoms with Crippen LogP contribution in [0.1, 0.15) is 33.8 Å². The molecule has 0 spiro atoms. The Kier molecular flexibility index (Phi) is 5.46. The number of carbonyl (C=O) groups is 1. The number of nitrogens with one attached hydrogen (secondary N) is 2. The lowest BCUT2D eigenvalue weighted by Crippen LogP contribution is -2.51. The first-order valence-electron chi connectivity index (χ1n) is 10.8. The van der Waals surface area contributed by atoms with Crippen LogP contribution in [-0.4, -0.2) is 42.6 Å². The number of rotatable bonds is 5. The number of fused-ring (bicyclic) bond motifs is 3. The molecule has 0 aliphatic carbocycles. The lowest BCUT2D eigenvalue weighted by molar-refractivity contribution is 0.0959. The van der Waals surface area contributed by atoms with Crippen LogP contribution in [0.25, 0.3) is 10.2 Å². The average Bonchev–Trinajstić information content (AvgIpc) is 3.27. The quantitative estimate of drug-likeness (QED) is 0.547. The summed E-state index contributed by atoms with van der Waals surface area (Å²) in [4.78, 5) is 20.0. The molecular formula is C23H25F2N5OS. The van der Waals surface area contributed by atoms with Crippen molar-refractivity contribution in [2.24, 2.45) is 0 Å². The molecular weight excluding hydrogens is 432 g/mol. The number of halogens is 2. The van der Waals surface area contributed by atoms with E-state index in [-0.39, 0.29) is 24.4 Å². The summed E-state index contributed by atoms with van der Waals surface area (Å²) >= 11 is 1.23. The minimum Gasteiger partial charge on any atom is -0.397 e. The van der Waals surface area contributed by atoms with Gasteiger partial charge in [0.1, 0.15) is 21.3 Å². The normalized spacial score (nSPS) is 20.2. The SMILES string of the molecule is Cc1ccc2c(N)c(C(=O)NCCc3cc(F)c(N4CC5CCC(C4)N5)cc3F)sc2n1. The van der Waals surface area contributed by atoms with E-state index in [4.69, 9.17) is 5.73 Å². The van der Waals surface area contributed by atoms with Crippen molar-refractivity contribution >= 4 is 38.8 Å². The number of benzene rings is 1. The Bertz CT molecular complexity index is 1180. The van der Waals surface area contributed by atoms with E-state index in [2.05, 4.69) is 15.6 Å². The van der Waals surface area contributed by atoms with Gasteiger partial charge in [-0.2, -0.15) is 0 Å². The summed E-state index contributed by atoms with van der Waals surface area (Å²) in [5, 5.41) is 7.00. The van der Waals surface area contributed by atoms with Crippen molar-refractivity contribution < 1.29 is 13.6 Å². The summed E-state index contributed by atoms with van der Waals surface area (Å²) in [6, 6.07) is 6.91. The number of aromatic nitrogens is 1. The third-order valence-corrected chi connectivity index (χ3v) is 7.41. The molecule has 4 N–H and O–H groups in total. The highest BCUT2D eigenvalue weighted by Crippen LogP contribution is 2.32. The smallest absolute Gasteiger partial charge is 0.263 e. The van der Waals surface area contributed by atoms with Crippen LogP contribution in [0, 0.1) is 18.6 Å². The second kappa shape index (κ2) is 8.29. The molecule has 2 fully saturated rings. The molecule has 1 aromatic carbocycles. The van der Waals surface area contributed by atoms with Gasteiger partial charge in [0.05, 0.1) is 11.4 Å². The van der Waals surface area contributed by atoms with E-state index in [0.29, 0.717) is 46.3 Å². The van der Waals surface area contributed by atoms with Crippen molar-refractivity contribution in [2.75, 3.05) is 30.3 Å². The molecule has 6 nitrogen and oxygen atoms in total. The number of amides is 1. The first-order chi connectivity index (χ1) is 15.4. The lowest BCUT2D eigenvalue weighted by atomic mass is 10.1. The fraction of sp³-hybridized carbons (Fsp3) is 0.391. The molecule has 2 aromatic heterocycles. The highest BCUT2D eigenvalue weighted by Gasteiger charge is 2.33. The predicted octanol–water partition coefficient (Wildman–Crippen LogP) is 3.38. The zero-order valence-corrected chi connectivity index (χ0v) is 18.6. The molecule has 2 aliphatic heterocycles. The van der Waals surface area contributed by atoms with Gasteiger partial charge in [0.25, 0.3) is 5.91 Å². The maximum atomic E-state index is 14.8. The summed E-state index contributed by atoms with van der Waals surface area (Å²) in [6.45, 7) is 3.42. The van der Waals surface area contributed by atoms with E-state index in [1.807, 2.05) is 24.0 Å². The van der Waals surface area contributed by atoms with Crippen molar-refractivity contribution in [1.29, 1.82) is 0 Å². The van der Waals surface area contributed by atoms with Gasteiger partial charge < -0.3 is 21.3 Å². The van der Waals surface area contributed by atoms with Crippen molar-refractivity contribution in [3.63, 3.8) is 0 Å². The number of piperazine rings is 1. The van der Waals surface area contributed by atoms with E-state index < -0.39 is 11.6 Å². The minimum absolute atomic E-state index is 0.173. The van der Waals surface area contributed by atoms with Crippen molar-refractivity contribution in [2.45, 2.75) is 38.3 Å². The summed E-state index contributed by atoms with van der Waals surface area (Å²) in [5.74, 6) is -1.22. The fourth-order valence-corrected chi connectivity index (χ4v) is 5.71. The van der Waals surface area contributed by atoms with Gasteiger partial charge in [0.15, 0.2) is 0 Å². The van der Waals surface area contributed by atoms with E-state index in [1.54, 1.807) is 0 Å². The summed E-state index contributed by atoms with van der Waals surface area (Å²) in [5.41, 5.74) is 7.91. The topological polar surface area (TPSA) is 83.3 Å². The first kappa shape index (κ1) is 21.1. The van der Waals surface area contributed by atoms with Gasteiger partial charge in [0.2, 0.25) is 0 Å². The molecule has 5 rings (SSSR count). The van der Waals surface area contributed by atoms with E-state index in [0.717, 1.165) is 23.9 Å². The van der Waals surface area contributed by atoms with Crippen LogP contribution < -0.4 is 21.3 Å². The molecule has 168 valence electrons. The number of anilines is 2. The molecule has 4 heterocycles. The van der Waals surface area contributed by atoms with Crippen LogP contribution in [0.4, 0.5) is 20.2 Å². The molecule has 32 heavy (non-hydrogen) atoms. The van der Waals surface area contributed by atoms with Crippen LogP contribution in [0.2, 0.25) is 0 Å². The number of nitrogens with zero attached hydrogens (tertiary/aromatic N) is 2. The number of hydrogen-bond acceptors (Lipinski definition) is 6. The lowest BCUT2D eigenvalue weighted by Gasteiger charge is -2.34. The number of aryl methyl sites for hydroxylation is 1. The molecule has 0 saturated carbocycles. The van der Waals surface area contributed by atoms with Crippen LogP contribution in [0.3, 0.4) is 0 Å². The zero-order chi connectivity index (χ0) is 22.4. The highest BCUT2D eigenvalue weighted by atomic mass is 32.1. The van der Waals surface area contributed by atoms with Crippen molar-refractivity contribution in [3.05, 3.63) is 52.0 Å². The molecule has 1 amide bonds. The molecule has 9 heteroatoms. The van der Waals surface area contributed by atoms with Gasteiger partial charge in [-0.1, -0.05) is 0 Å². The maximum absolute atomic E-state index is 14.8. The Morgan fingerprint density at radius 3 is 2.75 bits per heavy atom. The largest absolute Gasteiger partial charge is 0.397 e. The van der Waals surface area contributed by atoms with Gasteiger partial charge in [-0.05, 0) is 49.9 Å². The minimum atomic E-state index is -0.456. The Morgan fingerprint density at radius 2 is 2.00 bits per heavy atom. The molecule has 2 saturated heterocycles. The number of nitrogen functional groups attached to an aromatic ring is 1. The van der Waals surface area contributed by atoms with Gasteiger partial charge in [-0.15, -0.1) is 11.3 Å². The second-order valence-corrected chi connectivity index (χ2v) is 9.59. The maximum Gasteiger partial charge on any atom is 0.263 e. The molecule has 3 aromatic rings. The highest BCUT2D eigenvalue weighted by molar-refractivity contribution is 7.21. The standard InChI is InChI=1S/C23H25F2N5OS/c1-12-2-5-16-20(26)21(32-23(16)28-12)22(31)27-7-6-13-8-18(25)19(9-17(13)24)30-10-14-3-4-15(11-30)29-14/h2,5,8-9,14-15,29H,3-4,6-7,10-11,26H2,1H3,(H,27,31). The van der Waals surface area contributed by atoms with E-state index >= 15 is 0 Å². The molecule has 2 atom stereocenters. The van der Waals surface area contributed by atoms with Crippen molar-refractivity contribution in [1.82, 2.24) is 15.6 Å². The molecule has 0 radical (unpaired) electrons. The third-order valence-electron chi connectivity index (χ3n) is 6.29. The number of nitrogens with two attached hydrogens (primary N) is 1. The van der Waals surface area contributed by atoms with Crippen LogP contribution >= 0.6 is 11.3 Å². The Morgan fingerprint density at radius 1 is 1.25 bits per heavy atom. The van der Waals surface area contributed by atoms with Gasteiger partial charge >= 0.3 is 0 Å². The van der Waals surface area contributed by atoms with E-state index in [1.165, 1.54) is 23.5 Å². The monoisotopic (exact) mass is 457 g/mol. The number of thiophene rings is 1. The number of pyridine rings is 1. The summed E-state index contributed by atoms with van der Waals surface area (Å²) in [6.07, 6.45) is 2.33. The van der Waals surface area contributed by atoms with E-state index in [9.17, 15) is 13.6 Å². The number of hydrogen-bond donors (Lipinski definition) is 3. The second-order valence-electron chi connectivity index (χ2n) is 8.59. The molecule has 2 aliphatic rings. The van der Waals surface area contributed by atoms with Crippen molar-refractivity contribution in [3.8, 4) is 0 Å². The zero-order valence-electron chi connectivity index (χ0n) is 17.8. The van der Waals surface area contributed by atoms with Gasteiger partial charge in [-0.25, -0.2) is 13.8 Å². The fourth-order valence-electron chi connectivity index (χ4n) is 4.65. The van der Waals surface area contributed by atoms with Crippen LogP contribution in [-0.2, 0) is 6.42 Å². The van der Waals surface area contributed by atoms with Gasteiger partial charge in [0, 0.05) is 48.9 Å². The Balaban J connectivity index is 1.25. The summed E-state index contributed by atoms with van der Waals surface area (Å²) in [7, 11) is 0. The molecule has 2 bridgehead atoms. The number of carbonyl (C=O) groups excluding carboxylic acids is 1. The first-order valence-corrected chi connectivity index (χ1v) is 11.6. The average molecular weight is 458 g/mol. The Hall–Kier alpha value is -2.78. The third kappa shape index (κ3) is 3.91.